The van der Waals surface area contributed by atoms with Gasteiger partial charge in [-0.2, -0.15) is 0 Å². The van der Waals surface area contributed by atoms with E-state index in [2.05, 4.69) is 0 Å². The van der Waals surface area contributed by atoms with Crippen molar-refractivity contribution in [2.24, 2.45) is 0 Å². The molecule has 4 nitrogen and oxygen atoms in total. The number of hydrogen-bond acceptors (Lipinski definition) is 3. The smallest absolute Gasteiger partial charge is 0.203 e. The maximum absolute atomic E-state index is 10.4. The molecule has 0 aliphatic heterocycles. The standard InChI is InChI=1S/C8H13NO3/c1-8(10)6-4-2-3-5-7-9(11)12/h4,6H,2-3,5,7H2,1H3/b6-4+. The van der Waals surface area contributed by atoms with Gasteiger partial charge in [-0.05, 0) is 25.8 Å². The Balaban J connectivity index is 3.21. The number of unbranched alkanes of at least 4 members (excludes halogenated alkanes) is 2. The first-order valence-corrected chi connectivity index (χ1v) is 3.92. The lowest BCUT2D eigenvalue weighted by atomic mass is 10.2. The molecule has 0 fully saturated rings. The van der Waals surface area contributed by atoms with Crippen LogP contribution >= 0.6 is 0 Å². The van der Waals surface area contributed by atoms with E-state index in [0.29, 0.717) is 6.42 Å². The first-order chi connectivity index (χ1) is 5.63. The van der Waals surface area contributed by atoms with Gasteiger partial charge in [-0.15, -0.1) is 0 Å². The second-order valence-corrected chi connectivity index (χ2v) is 2.57. The van der Waals surface area contributed by atoms with E-state index in [1.165, 1.54) is 13.0 Å². The zero-order chi connectivity index (χ0) is 9.40. The topological polar surface area (TPSA) is 60.2 Å². The summed E-state index contributed by atoms with van der Waals surface area (Å²) in [6, 6.07) is 0. The van der Waals surface area contributed by atoms with Crippen molar-refractivity contribution >= 4 is 5.78 Å². The second kappa shape index (κ2) is 6.52. The highest BCUT2D eigenvalue weighted by molar-refractivity contribution is 5.87. The van der Waals surface area contributed by atoms with Crippen LogP contribution < -0.4 is 0 Å². The lowest BCUT2D eigenvalue weighted by molar-refractivity contribution is -0.480. The molecule has 0 spiro atoms. The Morgan fingerprint density at radius 3 is 2.67 bits per heavy atom. The summed E-state index contributed by atoms with van der Waals surface area (Å²) in [5, 5.41) is 9.87. The van der Waals surface area contributed by atoms with Crippen LogP contribution in [0.25, 0.3) is 0 Å². The third kappa shape index (κ3) is 8.81. The van der Waals surface area contributed by atoms with E-state index in [9.17, 15) is 14.9 Å². The van der Waals surface area contributed by atoms with Crippen molar-refractivity contribution in [3.8, 4) is 0 Å². The van der Waals surface area contributed by atoms with Crippen molar-refractivity contribution in [2.75, 3.05) is 6.54 Å². The third-order valence-corrected chi connectivity index (χ3v) is 1.31. The monoisotopic (exact) mass is 171 g/mol. The van der Waals surface area contributed by atoms with Crippen molar-refractivity contribution in [3.63, 3.8) is 0 Å². The molecule has 0 unspecified atom stereocenters. The van der Waals surface area contributed by atoms with Crippen LogP contribution in [-0.2, 0) is 4.79 Å². The average molecular weight is 171 g/mol. The minimum atomic E-state index is -0.325. The van der Waals surface area contributed by atoms with Crippen molar-refractivity contribution in [2.45, 2.75) is 26.2 Å². The first-order valence-electron chi connectivity index (χ1n) is 3.92. The number of nitrogens with zero attached hydrogens (tertiary/aromatic N) is 1. The van der Waals surface area contributed by atoms with Crippen molar-refractivity contribution in [1.29, 1.82) is 0 Å². The fourth-order valence-electron chi connectivity index (χ4n) is 0.752. The number of nitro groups is 1. The third-order valence-electron chi connectivity index (χ3n) is 1.31. The van der Waals surface area contributed by atoms with E-state index in [1.807, 2.05) is 0 Å². The lowest BCUT2D eigenvalue weighted by Gasteiger charge is -1.90. The predicted molar refractivity (Wildman–Crippen MR) is 45.5 cm³/mol. The van der Waals surface area contributed by atoms with Crippen LogP contribution in [0.4, 0.5) is 0 Å². The maximum Gasteiger partial charge on any atom is 0.203 e. The van der Waals surface area contributed by atoms with E-state index in [0.717, 1.165) is 12.8 Å². The Labute approximate surface area is 71.4 Å². The van der Waals surface area contributed by atoms with Crippen LogP contribution in [0.5, 0.6) is 0 Å². The fraction of sp³-hybridized carbons (Fsp3) is 0.625. The Kier molecular flexibility index (Phi) is 5.87. The molecule has 0 aliphatic rings. The molecular weight excluding hydrogens is 158 g/mol. The highest BCUT2D eigenvalue weighted by Gasteiger charge is 1.94. The second-order valence-electron chi connectivity index (χ2n) is 2.57. The highest BCUT2D eigenvalue weighted by Crippen LogP contribution is 1.96. The molecule has 0 bridgehead atoms. The van der Waals surface area contributed by atoms with Crippen LogP contribution in [0.1, 0.15) is 26.2 Å². The van der Waals surface area contributed by atoms with Crippen LogP contribution in [-0.4, -0.2) is 17.3 Å². The van der Waals surface area contributed by atoms with Gasteiger partial charge in [-0.3, -0.25) is 14.9 Å². The van der Waals surface area contributed by atoms with Gasteiger partial charge >= 0.3 is 0 Å². The van der Waals surface area contributed by atoms with Crippen LogP contribution in [0.3, 0.4) is 0 Å². The molecule has 0 aromatic rings. The predicted octanol–water partition coefficient (Wildman–Crippen LogP) is 1.58. The summed E-state index contributed by atoms with van der Waals surface area (Å²) in [5.74, 6) is 0.0178. The largest absolute Gasteiger partial charge is 0.295 e. The van der Waals surface area contributed by atoms with Crippen LogP contribution in [0.15, 0.2) is 12.2 Å². The molecule has 0 saturated carbocycles. The van der Waals surface area contributed by atoms with Crippen LogP contribution in [0.2, 0.25) is 0 Å². The quantitative estimate of drug-likeness (QED) is 0.264. The van der Waals surface area contributed by atoms with Crippen molar-refractivity contribution in [3.05, 3.63) is 22.3 Å². The molecule has 0 saturated heterocycles. The summed E-state index contributed by atoms with van der Waals surface area (Å²) in [4.78, 5) is 19.9. The highest BCUT2D eigenvalue weighted by atomic mass is 16.6. The van der Waals surface area contributed by atoms with Crippen molar-refractivity contribution < 1.29 is 9.72 Å². The van der Waals surface area contributed by atoms with Gasteiger partial charge in [0.05, 0.1) is 0 Å². The normalized spacial score (nSPS) is 10.4. The summed E-state index contributed by atoms with van der Waals surface area (Å²) < 4.78 is 0. The SMILES string of the molecule is CC(=O)/C=C/CCCC[N+](=O)[O-]. The number of hydrogen-bond donors (Lipinski definition) is 0. The summed E-state index contributed by atoms with van der Waals surface area (Å²) in [6.45, 7) is 1.50. The number of ketones is 1. The molecule has 0 atom stereocenters. The van der Waals surface area contributed by atoms with Gasteiger partial charge in [0.15, 0.2) is 5.78 Å². The Morgan fingerprint density at radius 2 is 2.17 bits per heavy atom. The number of carbonyl (C=O) groups excluding carboxylic acids is 1. The summed E-state index contributed by atoms with van der Waals surface area (Å²) in [5.41, 5.74) is 0. The molecule has 0 heterocycles. The van der Waals surface area contributed by atoms with E-state index in [1.54, 1.807) is 6.08 Å². The Morgan fingerprint density at radius 1 is 1.50 bits per heavy atom. The molecule has 0 radical (unpaired) electrons. The minimum Gasteiger partial charge on any atom is -0.295 e. The van der Waals surface area contributed by atoms with E-state index in [-0.39, 0.29) is 17.3 Å². The molecule has 0 aromatic carbocycles. The molecule has 0 rings (SSSR count). The minimum absolute atomic E-state index is 0.0178. The number of allylic oxidation sites excluding steroid dienone is 2. The Hall–Kier alpha value is -1.19. The van der Waals surface area contributed by atoms with Gasteiger partial charge in [0.1, 0.15) is 0 Å². The average Bonchev–Trinajstić information content (AvgIpc) is 1.95. The number of rotatable bonds is 6. The van der Waals surface area contributed by atoms with Gasteiger partial charge in [-0.25, -0.2) is 0 Å². The van der Waals surface area contributed by atoms with Crippen LogP contribution in [0, 0.1) is 10.1 Å². The van der Waals surface area contributed by atoms with Crippen molar-refractivity contribution in [1.82, 2.24) is 0 Å². The molecular formula is C8H13NO3. The Bertz CT molecular complexity index is 187. The van der Waals surface area contributed by atoms with Gasteiger partial charge in [0, 0.05) is 11.3 Å². The molecule has 68 valence electrons. The fourth-order valence-corrected chi connectivity index (χ4v) is 0.752. The maximum atomic E-state index is 10.4. The summed E-state index contributed by atoms with van der Waals surface area (Å²) in [6.07, 6.45) is 5.34. The molecule has 0 aliphatic carbocycles. The lowest BCUT2D eigenvalue weighted by Crippen LogP contribution is -1.99. The van der Waals surface area contributed by atoms with Gasteiger partial charge in [-0.1, -0.05) is 6.08 Å². The number of carbonyl (C=O) groups is 1. The molecule has 0 aromatic heterocycles. The molecule has 4 heteroatoms. The van der Waals surface area contributed by atoms with E-state index in [4.69, 9.17) is 0 Å². The molecule has 0 amide bonds. The molecule has 12 heavy (non-hydrogen) atoms. The van der Waals surface area contributed by atoms with E-state index >= 15 is 0 Å². The first kappa shape index (κ1) is 10.8. The van der Waals surface area contributed by atoms with Gasteiger partial charge in [0.25, 0.3) is 0 Å². The van der Waals surface area contributed by atoms with Gasteiger partial charge in [0.2, 0.25) is 6.54 Å². The molecule has 0 N–H and O–H groups in total. The van der Waals surface area contributed by atoms with E-state index < -0.39 is 0 Å². The summed E-state index contributed by atoms with van der Waals surface area (Å²) in [7, 11) is 0. The van der Waals surface area contributed by atoms with Gasteiger partial charge < -0.3 is 0 Å². The zero-order valence-electron chi connectivity index (χ0n) is 7.16. The zero-order valence-corrected chi connectivity index (χ0v) is 7.16. The summed E-state index contributed by atoms with van der Waals surface area (Å²) >= 11 is 0.